The molecule has 3 N–H and O–H groups in total. The molecule has 0 radical (unpaired) electrons. The Hall–Kier alpha value is -1.12. The Morgan fingerprint density at radius 1 is 0.588 bits per heavy atom. The number of alkyl halides is 17. The number of hydrogen-bond donors (Lipinski definition) is 3. The number of phosphoric ester groups is 1. The predicted octanol–water partition coefficient (Wildman–Crippen LogP) is 4.86. The Balaban J connectivity index is 6.42. The van der Waals surface area contributed by atoms with Gasteiger partial charge in [-0.3, -0.25) is 4.52 Å². The third-order valence-electron chi connectivity index (χ3n) is 3.71. The van der Waals surface area contributed by atoms with E-state index in [1.54, 1.807) is 0 Å². The van der Waals surface area contributed by atoms with Crippen LogP contribution in [0.2, 0.25) is 0 Å². The lowest BCUT2D eigenvalue weighted by atomic mass is 9.88. The smallest absolute Gasteiger partial charge is 0.390 e. The molecule has 0 rings (SSSR count). The Bertz CT molecular complexity index is 772. The third-order valence-corrected chi connectivity index (χ3v) is 4.20. The summed E-state index contributed by atoms with van der Waals surface area (Å²) in [5.74, 6) is -57.8. The van der Waals surface area contributed by atoms with Crippen molar-refractivity contribution in [2.75, 3.05) is 6.61 Å². The fraction of sp³-hybridized carbons (Fsp3) is 1.00. The van der Waals surface area contributed by atoms with Crippen LogP contribution in [-0.2, 0) is 9.09 Å². The van der Waals surface area contributed by atoms with E-state index in [9.17, 15) is 79.2 Å². The van der Waals surface area contributed by atoms with E-state index >= 15 is 0 Å². The minimum atomic E-state index is -8.77. The average molecular weight is 574 g/mol. The quantitative estimate of drug-likeness (QED) is 0.243. The molecular formula is C11H8F17O5P. The van der Waals surface area contributed by atoms with E-state index in [0.717, 1.165) is 0 Å². The molecule has 0 aromatic carbocycles. The van der Waals surface area contributed by atoms with Crippen molar-refractivity contribution in [2.45, 2.75) is 60.2 Å². The summed E-state index contributed by atoms with van der Waals surface area (Å²) < 4.78 is 235. The molecule has 0 heterocycles. The molecule has 1 atom stereocenters. The van der Waals surface area contributed by atoms with Crippen molar-refractivity contribution in [3.63, 3.8) is 0 Å². The van der Waals surface area contributed by atoms with Crippen molar-refractivity contribution in [3.05, 3.63) is 0 Å². The maximum Gasteiger partial charge on any atom is 0.469 e. The molecule has 0 aromatic heterocycles. The first-order chi connectivity index (χ1) is 14.4. The Morgan fingerprint density at radius 2 is 0.882 bits per heavy atom. The van der Waals surface area contributed by atoms with Crippen LogP contribution < -0.4 is 0 Å². The average Bonchev–Trinajstić information content (AvgIpc) is 2.56. The van der Waals surface area contributed by atoms with Gasteiger partial charge in [0.15, 0.2) is 0 Å². The van der Waals surface area contributed by atoms with Gasteiger partial charge in [0.25, 0.3) is 0 Å². The summed E-state index contributed by atoms with van der Waals surface area (Å²) in [6, 6.07) is 0. The Kier molecular flexibility index (Phi) is 8.48. The molecule has 0 aromatic rings. The van der Waals surface area contributed by atoms with Crippen LogP contribution in [0.15, 0.2) is 0 Å². The van der Waals surface area contributed by atoms with Crippen molar-refractivity contribution in [1.82, 2.24) is 0 Å². The number of hydrogen-bond acceptors (Lipinski definition) is 3. The topological polar surface area (TPSA) is 87.0 Å². The van der Waals surface area contributed by atoms with Gasteiger partial charge in [-0.1, -0.05) is 0 Å². The Labute approximate surface area is 174 Å². The van der Waals surface area contributed by atoms with Crippen LogP contribution in [-0.4, -0.2) is 75.2 Å². The molecule has 0 aliphatic rings. The standard InChI is InChI=1S/C11H8F17O5P/c12-4(13,1-3(29)2-33-34(30,31)32)5(14,15)6(16,17)7(18,19)8(20,21)9(22,23)10(24,25)11(26,27)28/h3,29H,1-2H2,(H2,30,31,32). The maximum atomic E-state index is 13.5. The van der Waals surface area contributed by atoms with Crippen molar-refractivity contribution in [1.29, 1.82) is 0 Å². The minimum absolute atomic E-state index is 2.12. The molecule has 0 spiro atoms. The normalized spacial score (nSPS) is 17.2. The molecule has 206 valence electrons. The summed E-state index contributed by atoms with van der Waals surface area (Å²) in [7, 11) is -5.66. The molecule has 0 amide bonds. The monoisotopic (exact) mass is 574 g/mol. The zero-order valence-corrected chi connectivity index (χ0v) is 15.9. The van der Waals surface area contributed by atoms with Gasteiger partial charge >= 0.3 is 55.5 Å². The lowest BCUT2D eigenvalue weighted by Gasteiger charge is -2.43. The molecule has 0 aliphatic heterocycles. The number of aliphatic hydroxyl groups excluding tert-OH is 1. The van der Waals surface area contributed by atoms with E-state index in [1.165, 1.54) is 0 Å². The van der Waals surface area contributed by atoms with Gasteiger partial charge in [-0.2, -0.15) is 74.6 Å². The fourth-order valence-electron chi connectivity index (χ4n) is 1.86. The highest BCUT2D eigenvalue weighted by Crippen LogP contribution is 2.64. The fourth-order valence-corrected chi connectivity index (χ4v) is 2.23. The van der Waals surface area contributed by atoms with Crippen LogP contribution in [0, 0.1) is 0 Å². The highest BCUT2D eigenvalue weighted by Gasteiger charge is 2.95. The van der Waals surface area contributed by atoms with Crippen molar-refractivity contribution in [2.24, 2.45) is 0 Å². The van der Waals surface area contributed by atoms with E-state index in [4.69, 9.17) is 14.9 Å². The number of aliphatic hydroxyl groups is 1. The second-order valence-electron chi connectivity index (χ2n) is 6.29. The molecule has 0 bridgehead atoms. The van der Waals surface area contributed by atoms with Crippen LogP contribution in [0.3, 0.4) is 0 Å². The van der Waals surface area contributed by atoms with Crippen LogP contribution in [0.4, 0.5) is 74.6 Å². The van der Waals surface area contributed by atoms with Gasteiger partial charge < -0.3 is 14.9 Å². The number of rotatable bonds is 11. The highest BCUT2D eigenvalue weighted by atomic mass is 31.2. The van der Waals surface area contributed by atoms with E-state index in [0.29, 0.717) is 0 Å². The van der Waals surface area contributed by atoms with Crippen LogP contribution in [0.1, 0.15) is 6.42 Å². The summed E-state index contributed by atoms with van der Waals surface area (Å²) in [6.07, 6.45) is -14.5. The van der Waals surface area contributed by atoms with Gasteiger partial charge in [0.05, 0.1) is 12.7 Å². The lowest BCUT2D eigenvalue weighted by Crippen LogP contribution is -2.74. The van der Waals surface area contributed by atoms with Gasteiger partial charge in [-0.25, -0.2) is 4.57 Å². The van der Waals surface area contributed by atoms with Gasteiger partial charge in [0.2, 0.25) is 0 Å². The zero-order chi connectivity index (χ0) is 28.2. The molecule has 23 heteroatoms. The maximum absolute atomic E-state index is 13.5. The zero-order valence-electron chi connectivity index (χ0n) is 15.0. The number of phosphoric acid groups is 1. The van der Waals surface area contributed by atoms with E-state index < -0.39 is 74.6 Å². The number of halogens is 17. The van der Waals surface area contributed by atoms with Crippen LogP contribution >= 0.6 is 7.82 Å². The lowest BCUT2D eigenvalue weighted by molar-refractivity contribution is -0.462. The van der Waals surface area contributed by atoms with Crippen LogP contribution in [0.25, 0.3) is 0 Å². The van der Waals surface area contributed by atoms with Crippen molar-refractivity contribution >= 4 is 7.82 Å². The highest BCUT2D eigenvalue weighted by molar-refractivity contribution is 7.46. The molecule has 0 aliphatic carbocycles. The molecule has 1 unspecified atom stereocenters. The molecular weight excluding hydrogens is 566 g/mol. The van der Waals surface area contributed by atoms with E-state index in [-0.39, 0.29) is 0 Å². The second kappa shape index (κ2) is 8.77. The van der Waals surface area contributed by atoms with Crippen LogP contribution in [0.5, 0.6) is 0 Å². The predicted molar refractivity (Wildman–Crippen MR) is 69.3 cm³/mol. The summed E-state index contributed by atoms with van der Waals surface area (Å²) in [5.41, 5.74) is 0. The third kappa shape index (κ3) is 5.19. The first-order valence-electron chi connectivity index (χ1n) is 7.44. The minimum Gasteiger partial charge on any atom is -0.390 e. The molecule has 0 saturated heterocycles. The summed E-state index contributed by atoms with van der Waals surface area (Å²) >= 11 is 0. The summed E-state index contributed by atoms with van der Waals surface area (Å²) in [5, 5.41) is 8.86. The van der Waals surface area contributed by atoms with Gasteiger partial charge in [-0.05, 0) is 0 Å². The Morgan fingerprint density at radius 3 is 1.18 bits per heavy atom. The van der Waals surface area contributed by atoms with E-state index in [1.807, 2.05) is 0 Å². The van der Waals surface area contributed by atoms with Crippen molar-refractivity contribution < 1.29 is 98.6 Å². The van der Waals surface area contributed by atoms with Gasteiger partial charge in [-0.15, -0.1) is 0 Å². The van der Waals surface area contributed by atoms with Crippen molar-refractivity contribution in [3.8, 4) is 0 Å². The van der Waals surface area contributed by atoms with E-state index in [2.05, 4.69) is 4.52 Å². The molecule has 34 heavy (non-hydrogen) atoms. The summed E-state index contributed by atoms with van der Waals surface area (Å²) in [4.78, 5) is 16.4. The second-order valence-corrected chi connectivity index (χ2v) is 7.53. The largest absolute Gasteiger partial charge is 0.469 e. The first-order valence-corrected chi connectivity index (χ1v) is 8.98. The van der Waals surface area contributed by atoms with Gasteiger partial charge in [0.1, 0.15) is 0 Å². The molecule has 0 fully saturated rings. The molecule has 5 nitrogen and oxygen atoms in total. The summed E-state index contributed by atoms with van der Waals surface area (Å²) in [6.45, 7) is -2.12. The first kappa shape index (κ1) is 32.9. The van der Waals surface area contributed by atoms with Gasteiger partial charge in [0, 0.05) is 6.42 Å². The molecule has 0 saturated carbocycles. The SMILES string of the molecule is O=P(O)(O)OCC(O)CC(F)(F)C(F)(F)C(F)(F)C(F)(F)C(F)(F)C(F)(F)C(F)(F)C(F)(F)F.